The van der Waals surface area contributed by atoms with Gasteiger partial charge >= 0.3 is 5.97 Å². The van der Waals surface area contributed by atoms with Gasteiger partial charge in [0.15, 0.2) is 11.6 Å². The van der Waals surface area contributed by atoms with Crippen LogP contribution < -0.4 is 4.74 Å². The summed E-state index contributed by atoms with van der Waals surface area (Å²) >= 11 is 0. The van der Waals surface area contributed by atoms with Crippen molar-refractivity contribution < 1.29 is 18.3 Å². The van der Waals surface area contributed by atoms with Crippen molar-refractivity contribution in [3.05, 3.63) is 29.8 Å². The van der Waals surface area contributed by atoms with Gasteiger partial charge in [0, 0.05) is 12.5 Å². The van der Waals surface area contributed by atoms with Gasteiger partial charge in [-0.15, -0.1) is 0 Å². The lowest BCUT2D eigenvalue weighted by atomic mass is 9.79. The van der Waals surface area contributed by atoms with Crippen molar-refractivity contribution in [1.82, 2.24) is 0 Å². The molecule has 0 saturated heterocycles. The maximum absolute atomic E-state index is 13.0. The van der Waals surface area contributed by atoms with Crippen LogP contribution in [0.4, 0.5) is 8.78 Å². The van der Waals surface area contributed by atoms with E-state index in [4.69, 9.17) is 4.74 Å². The molecule has 0 heterocycles. The minimum Gasteiger partial charge on any atom is -0.426 e. The molecule has 0 unspecified atom stereocenters. The van der Waals surface area contributed by atoms with E-state index in [2.05, 4.69) is 6.92 Å². The summed E-state index contributed by atoms with van der Waals surface area (Å²) in [5.74, 6) is -0.825. The van der Waals surface area contributed by atoms with Gasteiger partial charge in [0.2, 0.25) is 0 Å². The van der Waals surface area contributed by atoms with E-state index in [1.807, 2.05) is 0 Å². The normalized spacial score (nSPS) is 22.0. The van der Waals surface area contributed by atoms with Crippen LogP contribution in [0.25, 0.3) is 0 Å². The number of hydrogen-bond donors (Lipinski definition) is 0. The largest absolute Gasteiger partial charge is 0.426 e. The Bertz CT molecular complexity index is 480. The average molecular weight is 296 g/mol. The van der Waals surface area contributed by atoms with E-state index in [9.17, 15) is 13.6 Å². The second-order valence-corrected chi connectivity index (χ2v) is 5.88. The minimum atomic E-state index is -1.00. The topological polar surface area (TPSA) is 26.3 Å². The van der Waals surface area contributed by atoms with E-state index in [-0.39, 0.29) is 11.7 Å². The number of benzene rings is 1. The number of esters is 1. The third-order valence-corrected chi connectivity index (χ3v) is 4.42. The van der Waals surface area contributed by atoms with Crippen LogP contribution in [0.2, 0.25) is 0 Å². The molecule has 1 aliphatic rings. The number of carbonyl (C=O) groups is 1. The molecular formula is C17H22F2O2. The zero-order chi connectivity index (χ0) is 15.2. The predicted molar refractivity (Wildman–Crippen MR) is 77.0 cm³/mol. The zero-order valence-corrected chi connectivity index (χ0v) is 12.4. The van der Waals surface area contributed by atoms with Gasteiger partial charge < -0.3 is 4.74 Å². The Labute approximate surface area is 124 Å². The van der Waals surface area contributed by atoms with Gasteiger partial charge in [-0.2, -0.15) is 0 Å². The Balaban J connectivity index is 1.73. The van der Waals surface area contributed by atoms with Crippen molar-refractivity contribution in [1.29, 1.82) is 0 Å². The Morgan fingerprint density at radius 2 is 1.81 bits per heavy atom. The molecule has 2 rings (SSSR count). The molecule has 0 aliphatic heterocycles. The van der Waals surface area contributed by atoms with E-state index in [0.29, 0.717) is 12.3 Å². The fourth-order valence-corrected chi connectivity index (χ4v) is 2.97. The quantitative estimate of drug-likeness (QED) is 0.572. The standard InChI is InChI=1S/C17H22F2O2/c1-2-12-3-5-13(6-4-12)7-10-17(20)21-14-8-9-15(18)16(19)11-14/h8-9,11-13H,2-7,10H2,1H3/t12-,13-. The average Bonchev–Trinajstić information content (AvgIpc) is 2.49. The summed E-state index contributed by atoms with van der Waals surface area (Å²) in [6.45, 7) is 2.23. The first-order chi connectivity index (χ1) is 10.1. The fourth-order valence-electron chi connectivity index (χ4n) is 2.97. The van der Waals surface area contributed by atoms with E-state index in [1.54, 1.807) is 0 Å². The highest BCUT2D eigenvalue weighted by atomic mass is 19.2. The maximum Gasteiger partial charge on any atom is 0.311 e. The third-order valence-electron chi connectivity index (χ3n) is 4.42. The smallest absolute Gasteiger partial charge is 0.311 e. The molecule has 2 nitrogen and oxygen atoms in total. The first kappa shape index (κ1) is 15.9. The molecule has 0 radical (unpaired) electrons. The molecule has 0 amide bonds. The Kier molecular flexibility index (Phi) is 5.71. The van der Waals surface area contributed by atoms with Crippen molar-refractivity contribution in [2.24, 2.45) is 11.8 Å². The number of ether oxygens (including phenoxy) is 1. The second-order valence-electron chi connectivity index (χ2n) is 5.88. The minimum absolute atomic E-state index is 0.0635. The fraction of sp³-hybridized carbons (Fsp3) is 0.588. The van der Waals surface area contributed by atoms with Gasteiger partial charge in [0.05, 0.1) is 0 Å². The first-order valence-electron chi connectivity index (χ1n) is 7.74. The van der Waals surface area contributed by atoms with Gasteiger partial charge in [-0.1, -0.05) is 39.0 Å². The summed E-state index contributed by atoms with van der Waals surface area (Å²) in [4.78, 5) is 11.7. The van der Waals surface area contributed by atoms with Crippen LogP contribution in [-0.4, -0.2) is 5.97 Å². The number of carbonyl (C=O) groups excluding carboxylic acids is 1. The molecule has 1 aromatic rings. The molecule has 0 spiro atoms. The highest BCUT2D eigenvalue weighted by Gasteiger charge is 2.21. The molecule has 21 heavy (non-hydrogen) atoms. The molecule has 1 aliphatic carbocycles. The van der Waals surface area contributed by atoms with E-state index in [0.717, 1.165) is 24.5 Å². The highest BCUT2D eigenvalue weighted by molar-refractivity contribution is 5.72. The SMILES string of the molecule is CC[C@H]1CC[C@H](CCC(=O)Oc2ccc(F)c(F)c2)CC1. The molecule has 0 N–H and O–H groups in total. The summed E-state index contributed by atoms with van der Waals surface area (Å²) in [6, 6.07) is 3.13. The van der Waals surface area contributed by atoms with Crippen molar-refractivity contribution in [2.45, 2.75) is 51.9 Å². The monoisotopic (exact) mass is 296 g/mol. The summed E-state index contributed by atoms with van der Waals surface area (Å²) in [5.41, 5.74) is 0. The Morgan fingerprint density at radius 1 is 1.14 bits per heavy atom. The van der Waals surface area contributed by atoms with Gasteiger partial charge in [0.1, 0.15) is 5.75 Å². The highest BCUT2D eigenvalue weighted by Crippen LogP contribution is 2.33. The van der Waals surface area contributed by atoms with Crippen molar-refractivity contribution >= 4 is 5.97 Å². The molecule has 0 aromatic heterocycles. The zero-order valence-electron chi connectivity index (χ0n) is 12.4. The van der Waals surface area contributed by atoms with Gasteiger partial charge in [-0.05, 0) is 30.4 Å². The van der Waals surface area contributed by atoms with Crippen LogP contribution >= 0.6 is 0 Å². The molecule has 0 bridgehead atoms. The molecule has 1 saturated carbocycles. The number of halogens is 2. The lowest BCUT2D eigenvalue weighted by molar-refractivity contribution is -0.134. The van der Waals surface area contributed by atoms with E-state index in [1.165, 1.54) is 38.2 Å². The van der Waals surface area contributed by atoms with E-state index < -0.39 is 11.6 Å². The van der Waals surface area contributed by atoms with Crippen molar-refractivity contribution in [3.8, 4) is 5.75 Å². The van der Waals surface area contributed by atoms with Crippen molar-refractivity contribution in [2.75, 3.05) is 0 Å². The molecule has 0 atom stereocenters. The molecule has 1 aromatic carbocycles. The summed E-state index contributed by atoms with van der Waals surface area (Å²) in [5, 5.41) is 0. The van der Waals surface area contributed by atoms with Crippen LogP contribution in [-0.2, 0) is 4.79 Å². The molecule has 1 fully saturated rings. The molecular weight excluding hydrogens is 274 g/mol. The van der Waals surface area contributed by atoms with Gasteiger partial charge in [-0.3, -0.25) is 4.79 Å². The van der Waals surface area contributed by atoms with Crippen LogP contribution in [0, 0.1) is 23.5 Å². The third kappa shape index (κ3) is 4.80. The number of rotatable bonds is 5. The van der Waals surface area contributed by atoms with Crippen LogP contribution in [0.1, 0.15) is 51.9 Å². The predicted octanol–water partition coefficient (Wildman–Crippen LogP) is 4.87. The Morgan fingerprint density at radius 3 is 2.43 bits per heavy atom. The van der Waals surface area contributed by atoms with E-state index >= 15 is 0 Å². The van der Waals surface area contributed by atoms with Crippen molar-refractivity contribution in [3.63, 3.8) is 0 Å². The first-order valence-corrected chi connectivity index (χ1v) is 7.74. The second kappa shape index (κ2) is 7.53. The van der Waals surface area contributed by atoms with Crippen LogP contribution in [0.5, 0.6) is 5.75 Å². The summed E-state index contributed by atoms with van der Waals surface area (Å²) in [7, 11) is 0. The Hall–Kier alpha value is -1.45. The van der Waals surface area contributed by atoms with Gasteiger partial charge in [-0.25, -0.2) is 8.78 Å². The number of hydrogen-bond acceptors (Lipinski definition) is 2. The van der Waals surface area contributed by atoms with Crippen LogP contribution in [0.3, 0.4) is 0 Å². The van der Waals surface area contributed by atoms with Crippen LogP contribution in [0.15, 0.2) is 18.2 Å². The summed E-state index contributed by atoms with van der Waals surface area (Å²) < 4.78 is 30.8. The maximum atomic E-state index is 13.0. The molecule has 4 heteroatoms. The van der Waals surface area contributed by atoms with Gasteiger partial charge in [0.25, 0.3) is 0 Å². The summed E-state index contributed by atoms with van der Waals surface area (Å²) in [6.07, 6.45) is 7.25. The molecule has 116 valence electrons. The lowest BCUT2D eigenvalue weighted by Gasteiger charge is -2.27. The lowest BCUT2D eigenvalue weighted by Crippen LogP contribution is -2.16.